The average Bonchev–Trinajstić information content (AvgIpc) is 2.52. The second kappa shape index (κ2) is 6.86. The van der Waals surface area contributed by atoms with Gasteiger partial charge in [0.15, 0.2) is 0 Å². The van der Waals surface area contributed by atoms with E-state index >= 15 is 0 Å². The zero-order valence-corrected chi connectivity index (χ0v) is 14.2. The Morgan fingerprint density at radius 2 is 1.95 bits per heavy atom. The summed E-state index contributed by atoms with van der Waals surface area (Å²) in [5.41, 5.74) is 3.31. The molecule has 1 aliphatic rings. The molecule has 2 atom stereocenters. The van der Waals surface area contributed by atoms with Crippen molar-refractivity contribution in [2.24, 2.45) is 0 Å². The Hall–Kier alpha value is -1.29. The van der Waals surface area contributed by atoms with E-state index in [9.17, 15) is 5.11 Å². The van der Waals surface area contributed by atoms with E-state index in [0.29, 0.717) is 0 Å². The van der Waals surface area contributed by atoms with Gasteiger partial charge in [0.2, 0.25) is 0 Å². The van der Waals surface area contributed by atoms with Crippen molar-refractivity contribution in [2.45, 2.75) is 24.0 Å². The summed E-state index contributed by atoms with van der Waals surface area (Å²) in [4.78, 5) is 0. The van der Waals surface area contributed by atoms with Crippen LogP contribution in [0.3, 0.4) is 0 Å². The van der Waals surface area contributed by atoms with E-state index < -0.39 is 0 Å². The molecule has 0 aromatic heterocycles. The van der Waals surface area contributed by atoms with Crippen LogP contribution in [0.1, 0.15) is 29.2 Å². The molecule has 1 aliphatic heterocycles. The van der Waals surface area contributed by atoms with Crippen molar-refractivity contribution in [3.8, 4) is 5.75 Å². The molecule has 1 N–H and O–H groups in total. The van der Waals surface area contributed by atoms with Gasteiger partial charge in [-0.15, -0.1) is 0 Å². The molecule has 0 amide bonds. The molecule has 4 heteroatoms. The van der Waals surface area contributed by atoms with Crippen LogP contribution in [0.25, 0.3) is 0 Å². The van der Waals surface area contributed by atoms with Gasteiger partial charge in [-0.25, -0.2) is 0 Å². The van der Waals surface area contributed by atoms with E-state index in [0.717, 1.165) is 34.6 Å². The number of halogens is 2. The van der Waals surface area contributed by atoms with E-state index in [2.05, 4.69) is 28.1 Å². The predicted molar refractivity (Wildman–Crippen MR) is 92.7 cm³/mol. The second-order valence-corrected chi connectivity index (χ2v) is 6.64. The summed E-state index contributed by atoms with van der Waals surface area (Å²) in [6, 6.07) is 13.3. The van der Waals surface area contributed by atoms with Gasteiger partial charge in [0, 0.05) is 5.02 Å². The van der Waals surface area contributed by atoms with Crippen LogP contribution in [0.4, 0.5) is 0 Å². The molecule has 0 fully saturated rings. The third-order valence-electron chi connectivity index (χ3n) is 3.70. The number of hydrogen-bond acceptors (Lipinski definition) is 2. The monoisotopic (exact) mass is 378 g/mol. The summed E-state index contributed by atoms with van der Waals surface area (Å²) in [6.45, 7) is 0. The summed E-state index contributed by atoms with van der Waals surface area (Å²) in [7, 11) is 0. The zero-order valence-electron chi connectivity index (χ0n) is 11.9. The minimum Gasteiger partial charge on any atom is -0.508 e. The number of aromatic hydroxyl groups is 1. The largest absolute Gasteiger partial charge is 0.508 e. The third-order valence-corrected chi connectivity index (χ3v) is 4.59. The van der Waals surface area contributed by atoms with Crippen LogP contribution < -0.4 is 0 Å². The van der Waals surface area contributed by atoms with Gasteiger partial charge in [-0.1, -0.05) is 57.9 Å². The van der Waals surface area contributed by atoms with E-state index in [4.69, 9.17) is 16.3 Å². The van der Waals surface area contributed by atoms with Gasteiger partial charge in [0.25, 0.3) is 0 Å². The SMILES string of the molecule is Oc1ccc(Cc2cc([C@@H]3CC=CC(Br)O3)ccc2Cl)cc1. The summed E-state index contributed by atoms with van der Waals surface area (Å²) in [6.07, 6.45) is 5.77. The highest BCUT2D eigenvalue weighted by atomic mass is 79.9. The fourth-order valence-electron chi connectivity index (χ4n) is 2.55. The molecule has 0 bridgehead atoms. The average molecular weight is 380 g/mol. The lowest BCUT2D eigenvalue weighted by Gasteiger charge is -2.23. The Labute approximate surface area is 143 Å². The summed E-state index contributed by atoms with van der Waals surface area (Å²) in [5, 5.41) is 10.1. The van der Waals surface area contributed by atoms with Gasteiger partial charge in [-0.3, -0.25) is 0 Å². The minimum absolute atomic E-state index is 0.0394. The number of ether oxygens (including phenoxy) is 1. The number of rotatable bonds is 3. The fourth-order valence-corrected chi connectivity index (χ4v) is 3.21. The van der Waals surface area contributed by atoms with E-state index in [1.165, 1.54) is 0 Å². The van der Waals surface area contributed by atoms with Crippen molar-refractivity contribution in [1.82, 2.24) is 0 Å². The first-order valence-corrected chi connectivity index (χ1v) is 8.43. The lowest BCUT2D eigenvalue weighted by Crippen LogP contribution is -2.13. The van der Waals surface area contributed by atoms with Gasteiger partial charge in [0.1, 0.15) is 10.8 Å². The topological polar surface area (TPSA) is 29.5 Å². The summed E-state index contributed by atoms with van der Waals surface area (Å²) in [5.74, 6) is 0.273. The molecule has 2 aromatic carbocycles. The lowest BCUT2D eigenvalue weighted by molar-refractivity contribution is 0.0525. The normalized spacial score (nSPS) is 21.0. The first kappa shape index (κ1) is 15.6. The van der Waals surface area contributed by atoms with Crippen molar-refractivity contribution >= 4 is 27.5 Å². The number of benzene rings is 2. The molecule has 0 saturated carbocycles. The summed E-state index contributed by atoms with van der Waals surface area (Å²) >= 11 is 9.79. The first-order valence-electron chi connectivity index (χ1n) is 7.14. The van der Waals surface area contributed by atoms with Crippen molar-refractivity contribution in [3.05, 3.63) is 76.3 Å². The van der Waals surface area contributed by atoms with Gasteiger partial charge in [-0.2, -0.15) is 0 Å². The van der Waals surface area contributed by atoms with Gasteiger partial charge in [0.05, 0.1) is 6.10 Å². The highest BCUT2D eigenvalue weighted by Crippen LogP contribution is 2.32. The molecule has 3 rings (SSSR count). The van der Waals surface area contributed by atoms with E-state index in [1.54, 1.807) is 12.1 Å². The molecule has 0 aliphatic carbocycles. The second-order valence-electron chi connectivity index (χ2n) is 5.33. The Kier molecular flexibility index (Phi) is 4.87. The maximum absolute atomic E-state index is 9.36. The van der Waals surface area contributed by atoms with Crippen LogP contribution in [0, 0.1) is 0 Å². The van der Waals surface area contributed by atoms with Gasteiger partial charge < -0.3 is 9.84 Å². The van der Waals surface area contributed by atoms with Crippen LogP contribution in [-0.2, 0) is 11.2 Å². The number of hydrogen-bond donors (Lipinski definition) is 1. The van der Waals surface area contributed by atoms with Crippen LogP contribution in [-0.4, -0.2) is 10.1 Å². The van der Waals surface area contributed by atoms with Crippen LogP contribution in [0.15, 0.2) is 54.6 Å². The maximum atomic E-state index is 9.36. The number of phenolic OH excluding ortho intramolecular Hbond substituents is 1. The first-order chi connectivity index (χ1) is 10.6. The number of phenols is 1. The van der Waals surface area contributed by atoms with Crippen LogP contribution in [0.5, 0.6) is 5.75 Å². The standard InChI is InChI=1S/C18H16BrClO2/c19-18-3-1-2-17(22-18)13-6-9-16(20)14(11-13)10-12-4-7-15(21)8-5-12/h1,3-9,11,17-18,21H,2,10H2/t17-,18?/m0/s1. The van der Waals surface area contributed by atoms with Gasteiger partial charge in [-0.05, 0) is 53.8 Å². The van der Waals surface area contributed by atoms with Gasteiger partial charge >= 0.3 is 0 Å². The Morgan fingerprint density at radius 1 is 1.18 bits per heavy atom. The Balaban J connectivity index is 1.83. The summed E-state index contributed by atoms with van der Waals surface area (Å²) < 4.78 is 5.89. The zero-order chi connectivity index (χ0) is 15.5. The quantitative estimate of drug-likeness (QED) is 0.573. The minimum atomic E-state index is -0.0394. The Morgan fingerprint density at radius 3 is 2.68 bits per heavy atom. The predicted octanol–water partition coefficient (Wildman–Crippen LogP) is 5.38. The highest BCUT2D eigenvalue weighted by Gasteiger charge is 2.18. The van der Waals surface area contributed by atoms with E-state index in [1.807, 2.05) is 30.3 Å². The molecule has 2 aromatic rings. The molecule has 22 heavy (non-hydrogen) atoms. The molecular weight excluding hydrogens is 364 g/mol. The smallest absolute Gasteiger partial charge is 0.131 e. The lowest BCUT2D eigenvalue weighted by atomic mass is 9.98. The fraction of sp³-hybridized carbons (Fsp3) is 0.222. The number of alkyl halides is 1. The van der Waals surface area contributed by atoms with Crippen LogP contribution in [0.2, 0.25) is 5.02 Å². The molecule has 0 spiro atoms. The molecular formula is C18H16BrClO2. The maximum Gasteiger partial charge on any atom is 0.131 e. The molecule has 0 saturated heterocycles. The third kappa shape index (κ3) is 3.72. The Bertz CT molecular complexity index is 682. The van der Waals surface area contributed by atoms with Crippen molar-refractivity contribution in [3.63, 3.8) is 0 Å². The van der Waals surface area contributed by atoms with Crippen molar-refractivity contribution < 1.29 is 9.84 Å². The molecule has 114 valence electrons. The van der Waals surface area contributed by atoms with E-state index in [-0.39, 0.29) is 16.9 Å². The molecule has 1 heterocycles. The van der Waals surface area contributed by atoms with Crippen molar-refractivity contribution in [2.75, 3.05) is 0 Å². The van der Waals surface area contributed by atoms with Crippen LogP contribution >= 0.6 is 27.5 Å². The molecule has 0 radical (unpaired) electrons. The van der Waals surface area contributed by atoms with Crippen molar-refractivity contribution in [1.29, 1.82) is 0 Å². The molecule has 1 unspecified atom stereocenters. The molecule has 2 nitrogen and oxygen atoms in total. The highest BCUT2D eigenvalue weighted by molar-refractivity contribution is 9.09.